The van der Waals surface area contributed by atoms with Crippen molar-refractivity contribution in [2.24, 2.45) is 0 Å². The van der Waals surface area contributed by atoms with E-state index in [9.17, 15) is 14.0 Å². The fourth-order valence-electron chi connectivity index (χ4n) is 3.55. The maximum Gasteiger partial charge on any atom is 0.337 e. The topological polar surface area (TPSA) is 55.4 Å². The predicted molar refractivity (Wildman–Crippen MR) is 92.1 cm³/mol. The third-order valence-electron chi connectivity index (χ3n) is 4.52. The van der Waals surface area contributed by atoms with Crippen LogP contribution in [0.4, 0.5) is 4.39 Å². The van der Waals surface area contributed by atoms with Gasteiger partial charge >= 0.3 is 5.97 Å². The summed E-state index contributed by atoms with van der Waals surface area (Å²) in [4.78, 5) is 25.3. The third-order valence-corrected chi connectivity index (χ3v) is 4.52. The number of carbonyl (C=O) groups excluding carboxylic acids is 2. The first-order chi connectivity index (χ1) is 11.9. The van der Waals surface area contributed by atoms with Gasteiger partial charge in [-0.3, -0.25) is 4.79 Å². The van der Waals surface area contributed by atoms with Gasteiger partial charge in [-0.05, 0) is 51.3 Å². The molecule has 1 aliphatic heterocycles. The molecule has 2 aliphatic rings. The van der Waals surface area contributed by atoms with Crippen molar-refractivity contribution >= 4 is 11.8 Å². The number of nitrogens with one attached hydrogen (secondary N) is 1. The van der Waals surface area contributed by atoms with Gasteiger partial charge in [-0.25, -0.2) is 9.18 Å². The lowest BCUT2D eigenvalue weighted by molar-refractivity contribution is -0.143. The van der Waals surface area contributed by atoms with E-state index in [2.05, 4.69) is 5.32 Å². The Morgan fingerprint density at radius 2 is 2.08 bits per heavy atom. The SMILES string of the molecule is CC1=C(C(=O)OC(C)C)[C@H](c2cccc(F)c2)C2=C(CCCC2=O)N1. The Labute approximate surface area is 146 Å². The Morgan fingerprint density at radius 3 is 2.76 bits per heavy atom. The van der Waals surface area contributed by atoms with Gasteiger partial charge in [-0.15, -0.1) is 0 Å². The lowest BCUT2D eigenvalue weighted by atomic mass is 9.75. The lowest BCUT2D eigenvalue weighted by Gasteiger charge is -2.34. The average Bonchev–Trinajstić information content (AvgIpc) is 2.53. The van der Waals surface area contributed by atoms with Gasteiger partial charge in [0.15, 0.2) is 5.78 Å². The van der Waals surface area contributed by atoms with Gasteiger partial charge in [-0.2, -0.15) is 0 Å². The predicted octanol–water partition coefficient (Wildman–Crippen LogP) is 3.75. The molecule has 3 rings (SSSR count). The fraction of sp³-hybridized carbons (Fsp3) is 0.400. The van der Waals surface area contributed by atoms with E-state index in [4.69, 9.17) is 4.74 Å². The molecule has 1 aromatic carbocycles. The van der Waals surface area contributed by atoms with Crippen molar-refractivity contribution in [2.45, 2.75) is 52.1 Å². The van der Waals surface area contributed by atoms with Crippen LogP contribution in [-0.4, -0.2) is 17.9 Å². The van der Waals surface area contributed by atoms with E-state index in [0.717, 1.165) is 18.5 Å². The third kappa shape index (κ3) is 3.36. The molecule has 25 heavy (non-hydrogen) atoms. The van der Waals surface area contributed by atoms with Crippen molar-refractivity contribution < 1.29 is 18.7 Å². The standard InChI is InChI=1S/C20H22FNO3/c1-11(2)25-20(24)17-12(3)22-15-8-5-9-16(23)19(15)18(17)13-6-4-7-14(21)10-13/h4,6-7,10-11,18,22H,5,8-9H2,1-3H3/t18-/m0/s1. The van der Waals surface area contributed by atoms with Crippen LogP contribution in [0.25, 0.3) is 0 Å². The summed E-state index contributed by atoms with van der Waals surface area (Å²) in [7, 11) is 0. The normalized spacial score (nSPS) is 20.5. The van der Waals surface area contributed by atoms with Gasteiger partial charge in [0.1, 0.15) is 5.82 Å². The molecule has 0 spiro atoms. The highest BCUT2D eigenvalue weighted by Crippen LogP contribution is 2.42. The minimum Gasteiger partial charge on any atom is -0.460 e. The summed E-state index contributed by atoms with van der Waals surface area (Å²) in [6, 6.07) is 6.09. The monoisotopic (exact) mass is 343 g/mol. The molecule has 1 aliphatic carbocycles. The Bertz CT molecular complexity index is 792. The summed E-state index contributed by atoms with van der Waals surface area (Å²) >= 11 is 0. The number of ketones is 1. The molecule has 132 valence electrons. The molecule has 0 bridgehead atoms. The summed E-state index contributed by atoms with van der Waals surface area (Å²) in [5.74, 6) is -1.45. The number of carbonyl (C=O) groups is 2. The summed E-state index contributed by atoms with van der Waals surface area (Å²) in [6.07, 6.45) is 1.69. The number of rotatable bonds is 3. The maximum atomic E-state index is 13.8. The fourth-order valence-corrected chi connectivity index (χ4v) is 3.55. The molecule has 5 heteroatoms. The van der Waals surface area contributed by atoms with Crippen LogP contribution in [0.15, 0.2) is 46.8 Å². The highest BCUT2D eigenvalue weighted by atomic mass is 19.1. The van der Waals surface area contributed by atoms with Crippen LogP contribution in [0, 0.1) is 5.82 Å². The van der Waals surface area contributed by atoms with Crippen LogP contribution >= 0.6 is 0 Å². The van der Waals surface area contributed by atoms with E-state index in [1.165, 1.54) is 12.1 Å². The molecule has 4 nitrogen and oxygen atoms in total. The molecular formula is C20H22FNO3. The molecule has 1 heterocycles. The maximum absolute atomic E-state index is 13.8. The Kier molecular flexibility index (Phi) is 4.75. The van der Waals surface area contributed by atoms with E-state index < -0.39 is 17.7 Å². The van der Waals surface area contributed by atoms with E-state index >= 15 is 0 Å². The van der Waals surface area contributed by atoms with Crippen molar-refractivity contribution in [1.82, 2.24) is 5.32 Å². The number of halogens is 1. The zero-order chi connectivity index (χ0) is 18.1. The second-order valence-corrected chi connectivity index (χ2v) is 6.77. The number of ether oxygens (including phenoxy) is 1. The molecule has 1 aromatic rings. The molecule has 1 atom stereocenters. The van der Waals surface area contributed by atoms with Gasteiger partial charge in [0.05, 0.1) is 11.7 Å². The van der Waals surface area contributed by atoms with Crippen LogP contribution in [0.5, 0.6) is 0 Å². The highest BCUT2D eigenvalue weighted by molar-refractivity contribution is 6.03. The van der Waals surface area contributed by atoms with Crippen molar-refractivity contribution in [3.8, 4) is 0 Å². The van der Waals surface area contributed by atoms with E-state index in [-0.39, 0.29) is 11.9 Å². The van der Waals surface area contributed by atoms with Crippen molar-refractivity contribution in [3.63, 3.8) is 0 Å². The second-order valence-electron chi connectivity index (χ2n) is 6.77. The smallest absolute Gasteiger partial charge is 0.337 e. The highest BCUT2D eigenvalue weighted by Gasteiger charge is 2.39. The van der Waals surface area contributed by atoms with Crippen LogP contribution in [0.1, 0.15) is 51.5 Å². The van der Waals surface area contributed by atoms with Crippen molar-refractivity contribution in [1.29, 1.82) is 0 Å². The molecule has 0 unspecified atom stereocenters. The number of hydrogen-bond acceptors (Lipinski definition) is 4. The van der Waals surface area contributed by atoms with Gasteiger partial charge < -0.3 is 10.1 Å². The molecular weight excluding hydrogens is 321 g/mol. The molecule has 0 radical (unpaired) electrons. The molecule has 0 saturated carbocycles. The second kappa shape index (κ2) is 6.82. The van der Waals surface area contributed by atoms with E-state index in [1.54, 1.807) is 32.9 Å². The zero-order valence-corrected chi connectivity index (χ0v) is 14.7. The molecule has 0 saturated heterocycles. The molecule has 0 aromatic heterocycles. The first-order valence-corrected chi connectivity index (χ1v) is 8.59. The van der Waals surface area contributed by atoms with E-state index in [0.29, 0.717) is 28.8 Å². The number of dihydropyridines is 1. The molecule has 0 fully saturated rings. The van der Waals surface area contributed by atoms with Crippen LogP contribution in [-0.2, 0) is 14.3 Å². The van der Waals surface area contributed by atoms with Crippen LogP contribution in [0.2, 0.25) is 0 Å². The summed E-state index contributed by atoms with van der Waals surface area (Å²) in [5, 5.41) is 3.21. The minimum atomic E-state index is -0.592. The minimum absolute atomic E-state index is 0.00496. The summed E-state index contributed by atoms with van der Waals surface area (Å²) in [6.45, 7) is 5.35. The molecule has 1 N–H and O–H groups in total. The Hall–Kier alpha value is -2.43. The first-order valence-electron chi connectivity index (χ1n) is 8.59. The Balaban J connectivity index is 2.15. The summed E-state index contributed by atoms with van der Waals surface area (Å²) in [5.41, 5.74) is 3.04. The van der Waals surface area contributed by atoms with Crippen LogP contribution in [0.3, 0.4) is 0 Å². The van der Waals surface area contributed by atoms with Crippen LogP contribution < -0.4 is 5.32 Å². The lowest BCUT2D eigenvalue weighted by Crippen LogP contribution is -2.35. The number of benzene rings is 1. The van der Waals surface area contributed by atoms with Gasteiger partial charge in [0.2, 0.25) is 0 Å². The number of esters is 1. The van der Waals surface area contributed by atoms with Gasteiger partial charge in [-0.1, -0.05) is 12.1 Å². The largest absolute Gasteiger partial charge is 0.460 e. The number of Topliss-reactive ketones (excluding diaryl/α,β-unsaturated/α-hetero) is 1. The first kappa shape index (κ1) is 17.4. The number of hydrogen-bond donors (Lipinski definition) is 1. The number of allylic oxidation sites excluding steroid dienone is 3. The van der Waals surface area contributed by atoms with E-state index in [1.807, 2.05) is 0 Å². The zero-order valence-electron chi connectivity index (χ0n) is 14.7. The summed E-state index contributed by atoms with van der Waals surface area (Å²) < 4.78 is 19.2. The Morgan fingerprint density at radius 1 is 1.32 bits per heavy atom. The quantitative estimate of drug-likeness (QED) is 0.850. The average molecular weight is 343 g/mol. The van der Waals surface area contributed by atoms with Gasteiger partial charge in [0.25, 0.3) is 0 Å². The van der Waals surface area contributed by atoms with Gasteiger partial charge in [0, 0.05) is 29.3 Å². The van der Waals surface area contributed by atoms with Crippen molar-refractivity contribution in [3.05, 3.63) is 58.2 Å². The molecule has 0 amide bonds. The van der Waals surface area contributed by atoms with Crippen molar-refractivity contribution in [2.75, 3.05) is 0 Å².